The molecule has 0 aliphatic carbocycles. The van der Waals surface area contributed by atoms with Gasteiger partial charge >= 0.3 is 0 Å². The summed E-state index contributed by atoms with van der Waals surface area (Å²) in [5.74, 6) is -0.203. The van der Waals surface area contributed by atoms with Crippen molar-refractivity contribution in [1.82, 2.24) is 0 Å². The second-order valence-corrected chi connectivity index (χ2v) is 4.41. The molecule has 0 saturated carbocycles. The molecule has 1 saturated heterocycles. The van der Waals surface area contributed by atoms with Crippen LogP contribution in [-0.2, 0) is 0 Å². The number of hydrogen-bond donors (Lipinski definition) is 1. The lowest BCUT2D eigenvalue weighted by Gasteiger charge is -2.17. The van der Waals surface area contributed by atoms with E-state index in [1.54, 1.807) is 17.0 Å². The van der Waals surface area contributed by atoms with Gasteiger partial charge in [-0.25, -0.2) is 0 Å². The summed E-state index contributed by atoms with van der Waals surface area (Å²) in [5.41, 5.74) is 0.698. The van der Waals surface area contributed by atoms with Crippen molar-refractivity contribution in [2.24, 2.45) is 0 Å². The molecule has 1 N–H and O–H groups in total. The molecule has 1 aromatic carbocycles. The van der Waals surface area contributed by atoms with Crippen LogP contribution >= 0.6 is 0 Å². The molecular weight excluding hydrogens is 236 g/mol. The molecule has 96 valence electrons. The van der Waals surface area contributed by atoms with E-state index in [0.29, 0.717) is 30.8 Å². The number of carbonyl (C=O) groups excluding carboxylic acids is 1. The van der Waals surface area contributed by atoms with Gasteiger partial charge in [0.2, 0.25) is 0 Å². The second kappa shape index (κ2) is 4.73. The molecule has 0 amide bonds. The maximum atomic E-state index is 11.2. The zero-order valence-electron chi connectivity index (χ0n) is 10.00. The highest BCUT2D eigenvalue weighted by atomic mass is 16.6. The lowest BCUT2D eigenvalue weighted by molar-refractivity contribution is -0.384. The van der Waals surface area contributed by atoms with Crippen LogP contribution in [0, 0.1) is 10.1 Å². The molecule has 1 fully saturated rings. The fraction of sp³-hybridized carbons (Fsp3) is 0.417. The Bertz CT molecular complexity index is 501. The lowest BCUT2D eigenvalue weighted by Crippen LogP contribution is -2.22. The maximum Gasteiger partial charge on any atom is 0.293 e. The molecule has 0 unspecified atom stereocenters. The van der Waals surface area contributed by atoms with Crippen molar-refractivity contribution in [3.8, 4) is 0 Å². The summed E-state index contributed by atoms with van der Waals surface area (Å²) < 4.78 is 0. The molecule has 0 radical (unpaired) electrons. The van der Waals surface area contributed by atoms with Crippen LogP contribution in [0.4, 0.5) is 11.4 Å². The fourth-order valence-corrected chi connectivity index (χ4v) is 2.12. The summed E-state index contributed by atoms with van der Waals surface area (Å²) in [7, 11) is 0. The predicted molar refractivity (Wildman–Crippen MR) is 65.9 cm³/mol. The minimum atomic E-state index is -0.494. The van der Waals surface area contributed by atoms with Crippen molar-refractivity contribution in [3.05, 3.63) is 33.9 Å². The van der Waals surface area contributed by atoms with E-state index >= 15 is 0 Å². The van der Waals surface area contributed by atoms with Gasteiger partial charge in [-0.05, 0) is 25.5 Å². The van der Waals surface area contributed by atoms with Crippen molar-refractivity contribution < 1.29 is 14.8 Å². The third kappa shape index (κ3) is 2.33. The number of β-amino-alcohol motifs (C(OH)–C–C–N with tert-alkyl or cyclic N) is 1. The highest BCUT2D eigenvalue weighted by Crippen LogP contribution is 2.31. The molecule has 1 aliphatic heterocycles. The monoisotopic (exact) mass is 250 g/mol. The van der Waals surface area contributed by atoms with Crippen LogP contribution in [0.25, 0.3) is 0 Å². The highest BCUT2D eigenvalue weighted by Gasteiger charge is 2.26. The SMILES string of the molecule is CC(=O)c1ccc(N2CC[C@H](O)C2)c([N+](=O)[O-])c1. The van der Waals surface area contributed by atoms with E-state index in [1.807, 2.05) is 0 Å². The van der Waals surface area contributed by atoms with Gasteiger partial charge in [-0.2, -0.15) is 0 Å². The number of Topliss-reactive ketones (excluding diaryl/α,β-unsaturated/α-hetero) is 1. The van der Waals surface area contributed by atoms with Crippen LogP contribution in [0.5, 0.6) is 0 Å². The Kier molecular flexibility index (Phi) is 3.29. The number of nitrogens with zero attached hydrogens (tertiary/aromatic N) is 2. The Morgan fingerprint density at radius 2 is 2.28 bits per heavy atom. The quantitative estimate of drug-likeness (QED) is 0.497. The Morgan fingerprint density at radius 3 is 2.78 bits per heavy atom. The van der Waals surface area contributed by atoms with Gasteiger partial charge in [0.25, 0.3) is 5.69 Å². The number of carbonyl (C=O) groups is 1. The Hall–Kier alpha value is -1.95. The average Bonchev–Trinajstić information content (AvgIpc) is 2.74. The topological polar surface area (TPSA) is 83.7 Å². The van der Waals surface area contributed by atoms with Crippen LogP contribution in [0.2, 0.25) is 0 Å². The minimum absolute atomic E-state index is 0.0863. The van der Waals surface area contributed by atoms with Crippen molar-refractivity contribution in [1.29, 1.82) is 0 Å². The number of anilines is 1. The van der Waals surface area contributed by atoms with Crippen molar-refractivity contribution >= 4 is 17.2 Å². The van der Waals surface area contributed by atoms with Gasteiger partial charge in [0, 0.05) is 24.7 Å². The summed E-state index contributed by atoms with van der Waals surface area (Å²) in [6.07, 6.45) is 0.156. The number of hydrogen-bond acceptors (Lipinski definition) is 5. The van der Waals surface area contributed by atoms with Gasteiger partial charge in [0.15, 0.2) is 5.78 Å². The number of nitro benzene ring substituents is 1. The van der Waals surface area contributed by atoms with E-state index in [-0.39, 0.29) is 11.5 Å². The number of benzene rings is 1. The molecule has 6 heteroatoms. The molecule has 1 aromatic rings. The van der Waals surface area contributed by atoms with E-state index in [1.165, 1.54) is 13.0 Å². The first-order valence-electron chi connectivity index (χ1n) is 5.71. The zero-order valence-corrected chi connectivity index (χ0v) is 10.00. The van der Waals surface area contributed by atoms with Crippen LogP contribution in [0.3, 0.4) is 0 Å². The van der Waals surface area contributed by atoms with Gasteiger partial charge in [0.1, 0.15) is 5.69 Å². The van der Waals surface area contributed by atoms with Gasteiger partial charge in [-0.15, -0.1) is 0 Å². The largest absolute Gasteiger partial charge is 0.391 e. The number of aliphatic hydroxyl groups is 1. The summed E-state index contributed by atoms with van der Waals surface area (Å²) in [6, 6.07) is 4.45. The van der Waals surface area contributed by atoms with Gasteiger partial charge < -0.3 is 10.0 Å². The molecular formula is C12H14N2O4. The average molecular weight is 250 g/mol. The first-order chi connectivity index (χ1) is 8.49. The first kappa shape index (κ1) is 12.5. The molecule has 1 atom stereocenters. The van der Waals surface area contributed by atoms with Gasteiger partial charge in [-0.3, -0.25) is 14.9 Å². The van der Waals surface area contributed by atoms with E-state index < -0.39 is 11.0 Å². The second-order valence-electron chi connectivity index (χ2n) is 4.41. The first-order valence-corrected chi connectivity index (χ1v) is 5.71. The third-order valence-electron chi connectivity index (χ3n) is 3.08. The Morgan fingerprint density at radius 1 is 1.56 bits per heavy atom. The van der Waals surface area contributed by atoms with Crippen molar-refractivity contribution in [3.63, 3.8) is 0 Å². The summed E-state index contributed by atoms with van der Waals surface area (Å²) in [4.78, 5) is 23.5. The van der Waals surface area contributed by atoms with E-state index in [0.717, 1.165) is 0 Å². The highest BCUT2D eigenvalue weighted by molar-refractivity contribution is 5.95. The smallest absolute Gasteiger partial charge is 0.293 e. The minimum Gasteiger partial charge on any atom is -0.391 e. The van der Waals surface area contributed by atoms with E-state index in [4.69, 9.17) is 0 Å². The van der Waals surface area contributed by atoms with Crippen LogP contribution in [0.15, 0.2) is 18.2 Å². The molecule has 6 nitrogen and oxygen atoms in total. The number of aliphatic hydroxyl groups excluding tert-OH is 1. The van der Waals surface area contributed by atoms with Crippen LogP contribution in [-0.4, -0.2) is 35.0 Å². The van der Waals surface area contributed by atoms with Crippen molar-refractivity contribution in [2.45, 2.75) is 19.4 Å². The zero-order chi connectivity index (χ0) is 13.3. The van der Waals surface area contributed by atoms with Crippen LogP contribution in [0.1, 0.15) is 23.7 Å². The normalized spacial score (nSPS) is 19.0. The van der Waals surface area contributed by atoms with Crippen LogP contribution < -0.4 is 4.90 Å². The standard InChI is InChI=1S/C12H14N2O4/c1-8(15)9-2-3-11(12(6-9)14(17)18)13-5-4-10(16)7-13/h2-3,6,10,16H,4-5,7H2,1H3/t10-/m0/s1. The van der Waals surface area contributed by atoms with Gasteiger partial charge in [-0.1, -0.05) is 0 Å². The number of ketones is 1. The van der Waals surface area contributed by atoms with E-state index in [9.17, 15) is 20.0 Å². The third-order valence-corrected chi connectivity index (χ3v) is 3.08. The van der Waals surface area contributed by atoms with Gasteiger partial charge in [0.05, 0.1) is 11.0 Å². The number of nitro groups is 1. The molecule has 0 bridgehead atoms. The number of rotatable bonds is 3. The predicted octanol–water partition coefficient (Wildman–Crippen LogP) is 1.37. The molecule has 2 rings (SSSR count). The molecule has 18 heavy (non-hydrogen) atoms. The summed E-state index contributed by atoms with van der Waals surface area (Å²) in [5, 5.41) is 20.5. The summed E-state index contributed by atoms with van der Waals surface area (Å²) in [6.45, 7) is 2.35. The molecule has 0 spiro atoms. The maximum absolute atomic E-state index is 11.2. The van der Waals surface area contributed by atoms with Crippen molar-refractivity contribution in [2.75, 3.05) is 18.0 Å². The Balaban J connectivity index is 2.41. The van der Waals surface area contributed by atoms with E-state index in [2.05, 4.69) is 0 Å². The molecule has 1 heterocycles. The summed E-state index contributed by atoms with van der Waals surface area (Å²) >= 11 is 0. The molecule has 1 aliphatic rings. The molecule has 0 aromatic heterocycles. The Labute approximate surface area is 104 Å². The lowest BCUT2D eigenvalue weighted by atomic mass is 10.1. The fourth-order valence-electron chi connectivity index (χ4n) is 2.12.